The molecule has 0 aromatic carbocycles. The molecule has 0 heterocycles. The van der Waals surface area contributed by atoms with Gasteiger partial charge in [0.25, 0.3) is 0 Å². The summed E-state index contributed by atoms with van der Waals surface area (Å²) in [6.07, 6.45) is 16.0. The van der Waals surface area contributed by atoms with Gasteiger partial charge in [0.2, 0.25) is 0 Å². The number of hydrogen-bond acceptors (Lipinski definition) is 2. The van der Waals surface area contributed by atoms with E-state index < -0.39 is 0 Å². The quantitative estimate of drug-likeness (QED) is 0.230. The topological polar surface area (TPSA) is 26.3 Å². The molecule has 0 amide bonds. The smallest absolute Gasteiger partial charge is 0.333 e. The van der Waals surface area contributed by atoms with Crippen molar-refractivity contribution < 1.29 is 9.53 Å². The lowest BCUT2D eigenvalue weighted by Crippen LogP contribution is -2.03. The molecule has 0 bridgehead atoms. The SMILES string of the molecule is CCCCCCCCCCCCC/C(C)=C(\C)C(=O)OC. The largest absolute Gasteiger partial charge is 0.466 e. The van der Waals surface area contributed by atoms with Gasteiger partial charge in [0, 0.05) is 5.57 Å². The standard InChI is InChI=1S/C19H36O2/c1-5-6-7-8-9-10-11-12-13-14-15-16-17(2)18(3)19(20)21-4/h5-16H2,1-4H3/b18-17+. The summed E-state index contributed by atoms with van der Waals surface area (Å²) in [5.41, 5.74) is 1.96. The lowest BCUT2D eigenvalue weighted by atomic mass is 10.0. The van der Waals surface area contributed by atoms with Gasteiger partial charge in [0.05, 0.1) is 7.11 Å². The van der Waals surface area contributed by atoms with Crippen molar-refractivity contribution in [1.82, 2.24) is 0 Å². The van der Waals surface area contributed by atoms with Gasteiger partial charge >= 0.3 is 5.97 Å². The number of carbonyl (C=O) groups is 1. The van der Waals surface area contributed by atoms with Crippen LogP contribution in [0.5, 0.6) is 0 Å². The van der Waals surface area contributed by atoms with Gasteiger partial charge in [0.15, 0.2) is 0 Å². The molecule has 124 valence electrons. The Bertz CT molecular complexity index is 292. The Morgan fingerprint density at radius 2 is 1.19 bits per heavy atom. The lowest BCUT2D eigenvalue weighted by molar-refractivity contribution is -0.136. The van der Waals surface area contributed by atoms with E-state index in [-0.39, 0.29) is 5.97 Å². The highest BCUT2D eigenvalue weighted by molar-refractivity contribution is 5.88. The van der Waals surface area contributed by atoms with Crippen molar-refractivity contribution >= 4 is 5.97 Å². The summed E-state index contributed by atoms with van der Waals surface area (Å²) in [7, 11) is 1.45. The zero-order chi connectivity index (χ0) is 15.9. The second kappa shape index (κ2) is 14.2. The Labute approximate surface area is 132 Å². The van der Waals surface area contributed by atoms with Crippen molar-refractivity contribution in [2.45, 2.75) is 97.8 Å². The summed E-state index contributed by atoms with van der Waals surface area (Å²) >= 11 is 0. The van der Waals surface area contributed by atoms with Crippen LogP contribution >= 0.6 is 0 Å². The Morgan fingerprint density at radius 1 is 0.762 bits per heavy atom. The van der Waals surface area contributed by atoms with E-state index in [0.29, 0.717) is 0 Å². The highest BCUT2D eigenvalue weighted by Crippen LogP contribution is 2.16. The third-order valence-corrected chi connectivity index (χ3v) is 4.29. The predicted molar refractivity (Wildman–Crippen MR) is 91.5 cm³/mol. The molecule has 0 atom stereocenters. The van der Waals surface area contributed by atoms with E-state index in [0.717, 1.165) is 12.0 Å². The van der Waals surface area contributed by atoms with Gasteiger partial charge < -0.3 is 4.74 Å². The van der Waals surface area contributed by atoms with Crippen LogP contribution in [0.15, 0.2) is 11.1 Å². The maximum atomic E-state index is 11.4. The molecule has 0 saturated carbocycles. The van der Waals surface area contributed by atoms with Crippen LogP contribution in [0.4, 0.5) is 0 Å². The fraction of sp³-hybridized carbons (Fsp3) is 0.842. The molecule has 2 heteroatoms. The van der Waals surface area contributed by atoms with E-state index in [2.05, 4.69) is 6.92 Å². The first-order valence-electron chi connectivity index (χ1n) is 8.88. The molecular formula is C19H36O2. The molecule has 21 heavy (non-hydrogen) atoms. The molecule has 0 aromatic rings. The maximum absolute atomic E-state index is 11.4. The maximum Gasteiger partial charge on any atom is 0.333 e. The zero-order valence-electron chi connectivity index (χ0n) is 14.8. The minimum atomic E-state index is -0.185. The highest BCUT2D eigenvalue weighted by Gasteiger charge is 2.06. The summed E-state index contributed by atoms with van der Waals surface area (Å²) < 4.78 is 4.74. The van der Waals surface area contributed by atoms with Crippen LogP contribution < -0.4 is 0 Å². The summed E-state index contributed by atoms with van der Waals surface area (Å²) in [5, 5.41) is 0. The highest BCUT2D eigenvalue weighted by atomic mass is 16.5. The van der Waals surface area contributed by atoms with Gasteiger partial charge in [-0.2, -0.15) is 0 Å². The molecule has 0 fully saturated rings. The van der Waals surface area contributed by atoms with Gasteiger partial charge in [-0.25, -0.2) is 4.79 Å². The first-order valence-corrected chi connectivity index (χ1v) is 8.88. The van der Waals surface area contributed by atoms with Crippen LogP contribution in [0.2, 0.25) is 0 Å². The van der Waals surface area contributed by atoms with E-state index in [1.165, 1.54) is 83.3 Å². The summed E-state index contributed by atoms with van der Waals surface area (Å²) in [6, 6.07) is 0. The van der Waals surface area contributed by atoms with Crippen molar-refractivity contribution in [3.05, 3.63) is 11.1 Å². The Kier molecular flexibility index (Phi) is 13.6. The van der Waals surface area contributed by atoms with Crippen LogP contribution in [0.1, 0.15) is 97.8 Å². The molecule has 0 spiro atoms. The number of carbonyl (C=O) groups excluding carboxylic acids is 1. The van der Waals surface area contributed by atoms with Crippen LogP contribution in [-0.2, 0) is 9.53 Å². The summed E-state index contributed by atoms with van der Waals surface area (Å²) in [4.78, 5) is 11.4. The molecule has 0 unspecified atom stereocenters. The first-order chi connectivity index (χ1) is 10.1. The van der Waals surface area contributed by atoms with Crippen LogP contribution in [0, 0.1) is 0 Å². The number of esters is 1. The molecule has 2 nitrogen and oxygen atoms in total. The molecule has 0 aromatic heterocycles. The van der Waals surface area contributed by atoms with Gasteiger partial charge in [-0.1, -0.05) is 76.7 Å². The molecule has 0 saturated heterocycles. The Morgan fingerprint density at radius 3 is 1.62 bits per heavy atom. The second-order valence-electron chi connectivity index (χ2n) is 6.18. The Balaban J connectivity index is 3.42. The minimum absolute atomic E-state index is 0.185. The van der Waals surface area contributed by atoms with Gasteiger partial charge in [0.1, 0.15) is 0 Å². The van der Waals surface area contributed by atoms with Crippen molar-refractivity contribution in [2.24, 2.45) is 0 Å². The minimum Gasteiger partial charge on any atom is -0.466 e. The average molecular weight is 296 g/mol. The Hall–Kier alpha value is -0.790. The summed E-state index contributed by atoms with van der Waals surface area (Å²) in [6.45, 7) is 6.17. The predicted octanol–water partition coefficient (Wildman–Crippen LogP) is 6.20. The first kappa shape index (κ1) is 20.2. The van der Waals surface area contributed by atoms with Crippen LogP contribution in [0.3, 0.4) is 0 Å². The fourth-order valence-electron chi connectivity index (χ4n) is 2.57. The van der Waals surface area contributed by atoms with E-state index in [1.807, 2.05) is 13.8 Å². The third kappa shape index (κ3) is 11.5. The molecule has 0 aliphatic rings. The lowest BCUT2D eigenvalue weighted by Gasteiger charge is -2.06. The van der Waals surface area contributed by atoms with Crippen molar-refractivity contribution in [3.8, 4) is 0 Å². The summed E-state index contributed by atoms with van der Waals surface area (Å²) in [5.74, 6) is -0.185. The molecule has 0 rings (SSSR count). The fourth-order valence-corrected chi connectivity index (χ4v) is 2.57. The number of methoxy groups -OCH3 is 1. The second-order valence-corrected chi connectivity index (χ2v) is 6.18. The average Bonchev–Trinajstić information content (AvgIpc) is 2.50. The monoisotopic (exact) mass is 296 g/mol. The number of ether oxygens (including phenoxy) is 1. The number of rotatable bonds is 13. The van der Waals surface area contributed by atoms with Gasteiger partial charge in [-0.15, -0.1) is 0 Å². The van der Waals surface area contributed by atoms with Crippen LogP contribution in [-0.4, -0.2) is 13.1 Å². The molecule has 0 aliphatic heterocycles. The number of allylic oxidation sites excluding steroid dienone is 1. The van der Waals surface area contributed by atoms with E-state index in [4.69, 9.17) is 4.74 Å². The van der Waals surface area contributed by atoms with E-state index in [9.17, 15) is 4.79 Å². The van der Waals surface area contributed by atoms with Gasteiger partial charge in [-0.05, 0) is 26.7 Å². The van der Waals surface area contributed by atoms with Crippen molar-refractivity contribution in [2.75, 3.05) is 7.11 Å². The van der Waals surface area contributed by atoms with E-state index in [1.54, 1.807) is 0 Å². The van der Waals surface area contributed by atoms with Crippen LogP contribution in [0.25, 0.3) is 0 Å². The molecule has 0 radical (unpaired) electrons. The molecular weight excluding hydrogens is 260 g/mol. The molecule has 0 aliphatic carbocycles. The zero-order valence-corrected chi connectivity index (χ0v) is 14.8. The normalized spacial score (nSPS) is 12.2. The van der Waals surface area contributed by atoms with Gasteiger partial charge in [-0.3, -0.25) is 0 Å². The number of unbranched alkanes of at least 4 members (excludes halogenated alkanes) is 10. The third-order valence-electron chi connectivity index (χ3n) is 4.29. The van der Waals surface area contributed by atoms with Crippen molar-refractivity contribution in [1.29, 1.82) is 0 Å². The molecule has 0 N–H and O–H groups in total. The number of hydrogen-bond donors (Lipinski definition) is 0. The van der Waals surface area contributed by atoms with E-state index >= 15 is 0 Å². The van der Waals surface area contributed by atoms with Crippen molar-refractivity contribution in [3.63, 3.8) is 0 Å².